The third kappa shape index (κ3) is 1.49. The van der Waals surface area contributed by atoms with Gasteiger partial charge in [0.05, 0.1) is 13.2 Å². The molecule has 0 unspecified atom stereocenters. The maximum atomic E-state index is 8.78. The molecule has 1 saturated carbocycles. The molecule has 1 atom stereocenters. The summed E-state index contributed by atoms with van der Waals surface area (Å²) in [5.74, 6) is 0.355. The molecular weight excluding hydrogens is 156 g/mol. The molecule has 1 N–H and O–H groups in total. The van der Waals surface area contributed by atoms with Crippen LogP contribution in [0.25, 0.3) is 0 Å². The number of rotatable bonds is 2. The van der Waals surface area contributed by atoms with Gasteiger partial charge in [-0.1, -0.05) is 0 Å². The molecule has 1 aliphatic heterocycles. The molecule has 2 fully saturated rings. The van der Waals surface area contributed by atoms with Crippen LogP contribution in [0.3, 0.4) is 0 Å². The number of aliphatic hydroxyl groups excluding tert-OH is 1. The number of hydrogen-bond acceptors (Lipinski definition) is 3. The summed E-state index contributed by atoms with van der Waals surface area (Å²) in [5, 5.41) is 8.78. The van der Waals surface area contributed by atoms with E-state index in [2.05, 4.69) is 0 Å². The summed E-state index contributed by atoms with van der Waals surface area (Å²) in [6, 6.07) is 0. The topological polar surface area (TPSA) is 38.7 Å². The Morgan fingerprint density at radius 2 is 2.08 bits per heavy atom. The first-order valence-corrected chi connectivity index (χ1v) is 4.73. The highest BCUT2D eigenvalue weighted by Crippen LogP contribution is 2.41. The molecule has 0 aromatic rings. The second kappa shape index (κ2) is 3.32. The summed E-state index contributed by atoms with van der Waals surface area (Å²) in [6.45, 7) is 1.78. The van der Waals surface area contributed by atoms with Crippen LogP contribution < -0.4 is 0 Å². The smallest absolute Gasteiger partial charge is 0.168 e. The van der Waals surface area contributed by atoms with Gasteiger partial charge in [-0.2, -0.15) is 0 Å². The third-order valence-electron chi connectivity index (χ3n) is 2.88. The van der Waals surface area contributed by atoms with Crippen LogP contribution in [-0.2, 0) is 9.47 Å². The molecule has 12 heavy (non-hydrogen) atoms. The highest BCUT2D eigenvalue weighted by atomic mass is 16.7. The SMILES string of the molecule is OCC[C@H]1CCC2(C1)OCCO2. The van der Waals surface area contributed by atoms with Crippen molar-refractivity contribution in [2.24, 2.45) is 5.92 Å². The van der Waals surface area contributed by atoms with Gasteiger partial charge in [0.25, 0.3) is 0 Å². The Balaban J connectivity index is 1.88. The van der Waals surface area contributed by atoms with Crippen molar-refractivity contribution in [1.82, 2.24) is 0 Å². The van der Waals surface area contributed by atoms with E-state index >= 15 is 0 Å². The zero-order chi connectivity index (χ0) is 8.44. The van der Waals surface area contributed by atoms with E-state index in [9.17, 15) is 0 Å². The fourth-order valence-corrected chi connectivity index (χ4v) is 2.26. The second-order valence-electron chi connectivity index (χ2n) is 3.73. The minimum absolute atomic E-state index is 0.250. The van der Waals surface area contributed by atoms with Crippen LogP contribution in [0.5, 0.6) is 0 Å². The lowest BCUT2D eigenvalue weighted by Gasteiger charge is -2.21. The van der Waals surface area contributed by atoms with Crippen LogP contribution in [0, 0.1) is 5.92 Å². The molecule has 2 rings (SSSR count). The monoisotopic (exact) mass is 172 g/mol. The van der Waals surface area contributed by atoms with Crippen molar-refractivity contribution < 1.29 is 14.6 Å². The normalized spacial score (nSPS) is 33.2. The van der Waals surface area contributed by atoms with E-state index in [0.29, 0.717) is 12.5 Å². The Morgan fingerprint density at radius 3 is 2.75 bits per heavy atom. The Bertz CT molecular complexity index is 152. The lowest BCUT2D eigenvalue weighted by molar-refractivity contribution is -0.152. The molecule has 0 aromatic heterocycles. The molecule has 0 amide bonds. The van der Waals surface area contributed by atoms with Crippen LogP contribution in [0.1, 0.15) is 25.7 Å². The first-order valence-electron chi connectivity index (χ1n) is 4.73. The van der Waals surface area contributed by atoms with E-state index in [0.717, 1.165) is 38.9 Å². The highest BCUT2D eigenvalue weighted by Gasteiger charge is 2.43. The van der Waals surface area contributed by atoms with E-state index in [1.54, 1.807) is 0 Å². The van der Waals surface area contributed by atoms with Crippen LogP contribution in [0.4, 0.5) is 0 Å². The van der Waals surface area contributed by atoms with E-state index < -0.39 is 0 Å². The molecule has 2 aliphatic rings. The first kappa shape index (κ1) is 8.48. The zero-order valence-corrected chi connectivity index (χ0v) is 7.29. The zero-order valence-electron chi connectivity index (χ0n) is 7.29. The van der Waals surface area contributed by atoms with Crippen molar-refractivity contribution in [3.05, 3.63) is 0 Å². The quantitative estimate of drug-likeness (QED) is 0.673. The summed E-state index contributed by atoms with van der Waals surface area (Å²) in [4.78, 5) is 0. The Morgan fingerprint density at radius 1 is 1.33 bits per heavy atom. The summed E-state index contributed by atoms with van der Waals surface area (Å²) < 4.78 is 11.1. The van der Waals surface area contributed by atoms with Gasteiger partial charge in [0.1, 0.15) is 0 Å². The van der Waals surface area contributed by atoms with Crippen LogP contribution in [-0.4, -0.2) is 30.7 Å². The largest absolute Gasteiger partial charge is 0.396 e. The van der Waals surface area contributed by atoms with E-state index in [1.165, 1.54) is 0 Å². The maximum absolute atomic E-state index is 8.78. The highest BCUT2D eigenvalue weighted by molar-refractivity contribution is 4.85. The van der Waals surface area contributed by atoms with E-state index in [1.807, 2.05) is 0 Å². The van der Waals surface area contributed by atoms with Crippen molar-refractivity contribution in [1.29, 1.82) is 0 Å². The average Bonchev–Trinajstić information content (AvgIpc) is 2.65. The van der Waals surface area contributed by atoms with Crippen molar-refractivity contribution in [2.75, 3.05) is 19.8 Å². The fourth-order valence-electron chi connectivity index (χ4n) is 2.26. The fraction of sp³-hybridized carbons (Fsp3) is 1.00. The van der Waals surface area contributed by atoms with Crippen molar-refractivity contribution in [3.63, 3.8) is 0 Å². The molecule has 0 aromatic carbocycles. The summed E-state index contributed by atoms with van der Waals surface area (Å²) in [5.41, 5.74) is 0. The molecule has 3 nitrogen and oxygen atoms in total. The molecular formula is C9H16O3. The van der Waals surface area contributed by atoms with Crippen molar-refractivity contribution in [2.45, 2.75) is 31.5 Å². The van der Waals surface area contributed by atoms with E-state index in [-0.39, 0.29) is 5.79 Å². The van der Waals surface area contributed by atoms with Gasteiger partial charge < -0.3 is 14.6 Å². The predicted molar refractivity (Wildman–Crippen MR) is 43.7 cm³/mol. The number of aliphatic hydroxyl groups is 1. The van der Waals surface area contributed by atoms with Gasteiger partial charge in [-0.15, -0.1) is 0 Å². The van der Waals surface area contributed by atoms with Gasteiger partial charge >= 0.3 is 0 Å². The molecule has 1 aliphatic carbocycles. The Hall–Kier alpha value is -0.120. The molecule has 0 radical (unpaired) electrons. The minimum Gasteiger partial charge on any atom is -0.396 e. The van der Waals surface area contributed by atoms with E-state index in [4.69, 9.17) is 14.6 Å². The molecule has 1 heterocycles. The summed E-state index contributed by atoms with van der Waals surface area (Å²) in [7, 11) is 0. The predicted octanol–water partition coefficient (Wildman–Crippen LogP) is 0.912. The first-order chi connectivity index (χ1) is 5.85. The number of hydrogen-bond donors (Lipinski definition) is 1. The lowest BCUT2D eigenvalue weighted by atomic mass is 10.0. The van der Waals surface area contributed by atoms with Crippen molar-refractivity contribution >= 4 is 0 Å². The lowest BCUT2D eigenvalue weighted by Crippen LogP contribution is -2.26. The van der Waals surface area contributed by atoms with Crippen molar-refractivity contribution in [3.8, 4) is 0 Å². The molecule has 3 heteroatoms. The van der Waals surface area contributed by atoms with Gasteiger partial charge in [0, 0.05) is 19.4 Å². The van der Waals surface area contributed by atoms with Crippen LogP contribution in [0.15, 0.2) is 0 Å². The standard InChI is InChI=1S/C9H16O3/c10-4-2-8-1-3-9(7-8)11-5-6-12-9/h8,10H,1-7H2/t8-/m1/s1. The molecule has 70 valence electrons. The molecule has 1 saturated heterocycles. The van der Waals surface area contributed by atoms with Gasteiger partial charge in [-0.05, 0) is 18.8 Å². The van der Waals surface area contributed by atoms with Crippen LogP contribution in [0.2, 0.25) is 0 Å². The van der Waals surface area contributed by atoms with Gasteiger partial charge in [0.2, 0.25) is 0 Å². The summed E-state index contributed by atoms with van der Waals surface area (Å²) in [6.07, 6.45) is 4.03. The number of ether oxygens (including phenoxy) is 2. The minimum atomic E-state index is -0.250. The van der Waals surface area contributed by atoms with Gasteiger partial charge in [-0.3, -0.25) is 0 Å². The third-order valence-corrected chi connectivity index (χ3v) is 2.88. The average molecular weight is 172 g/mol. The maximum Gasteiger partial charge on any atom is 0.168 e. The Kier molecular flexibility index (Phi) is 2.35. The molecule has 0 bridgehead atoms. The van der Waals surface area contributed by atoms with Gasteiger partial charge in [-0.25, -0.2) is 0 Å². The Labute approximate surface area is 72.7 Å². The van der Waals surface area contributed by atoms with Crippen LogP contribution >= 0.6 is 0 Å². The van der Waals surface area contributed by atoms with Gasteiger partial charge in [0.15, 0.2) is 5.79 Å². The summed E-state index contributed by atoms with van der Waals surface area (Å²) >= 11 is 0. The second-order valence-corrected chi connectivity index (χ2v) is 3.73. The molecule has 1 spiro atoms.